The number of nitrogens with zero attached hydrogens (tertiary/aromatic N) is 3. The highest BCUT2D eigenvalue weighted by Crippen LogP contribution is 2.21. The fourth-order valence-corrected chi connectivity index (χ4v) is 3.79. The number of rotatable bonds is 4. The molecule has 1 fully saturated rings. The first-order valence-electron chi connectivity index (χ1n) is 9.52. The topological polar surface area (TPSA) is 21.1 Å². The highest BCUT2D eigenvalue weighted by atomic mass is 15.2. The van der Waals surface area contributed by atoms with Crippen molar-refractivity contribution in [2.45, 2.75) is 45.7 Å². The monoisotopic (exact) mass is 333 g/mol. The Bertz CT molecular complexity index is 824. The molecule has 130 valence electrons. The van der Waals surface area contributed by atoms with Gasteiger partial charge in [-0.15, -0.1) is 0 Å². The lowest BCUT2D eigenvalue weighted by Gasteiger charge is -2.20. The molecule has 1 saturated heterocycles. The summed E-state index contributed by atoms with van der Waals surface area (Å²) < 4.78 is 2.41. The van der Waals surface area contributed by atoms with Gasteiger partial charge in [0.1, 0.15) is 5.82 Å². The van der Waals surface area contributed by atoms with Crippen LogP contribution in [0.3, 0.4) is 0 Å². The van der Waals surface area contributed by atoms with Gasteiger partial charge in [-0.1, -0.05) is 54.8 Å². The average molecular weight is 333 g/mol. The van der Waals surface area contributed by atoms with Crippen molar-refractivity contribution in [3.05, 3.63) is 65.5 Å². The summed E-state index contributed by atoms with van der Waals surface area (Å²) in [5, 5.41) is 0. The summed E-state index contributed by atoms with van der Waals surface area (Å²) in [6, 6.07) is 17.4. The van der Waals surface area contributed by atoms with Gasteiger partial charge in [-0.2, -0.15) is 0 Å². The first-order chi connectivity index (χ1) is 12.3. The molecule has 1 aliphatic heterocycles. The van der Waals surface area contributed by atoms with Gasteiger partial charge in [0, 0.05) is 6.54 Å². The first-order valence-corrected chi connectivity index (χ1v) is 9.52. The number of fused-ring (bicyclic) bond motifs is 1. The molecule has 0 amide bonds. The van der Waals surface area contributed by atoms with Gasteiger partial charge in [-0.25, -0.2) is 4.98 Å². The summed E-state index contributed by atoms with van der Waals surface area (Å²) in [7, 11) is 0. The maximum absolute atomic E-state index is 4.97. The molecule has 4 rings (SSSR count). The van der Waals surface area contributed by atoms with Crippen molar-refractivity contribution < 1.29 is 0 Å². The Morgan fingerprint density at radius 1 is 0.840 bits per heavy atom. The van der Waals surface area contributed by atoms with Gasteiger partial charge in [0.05, 0.1) is 17.6 Å². The van der Waals surface area contributed by atoms with Crippen molar-refractivity contribution in [1.82, 2.24) is 14.5 Å². The zero-order chi connectivity index (χ0) is 17.1. The van der Waals surface area contributed by atoms with Crippen LogP contribution >= 0.6 is 0 Å². The molecule has 0 aliphatic carbocycles. The van der Waals surface area contributed by atoms with E-state index in [0.717, 1.165) is 18.6 Å². The number of imidazole rings is 1. The van der Waals surface area contributed by atoms with E-state index >= 15 is 0 Å². The lowest BCUT2D eigenvalue weighted by molar-refractivity contribution is 0.267. The van der Waals surface area contributed by atoms with E-state index in [4.69, 9.17) is 4.98 Å². The SMILES string of the molecule is Cc1ccc(Cn2c(CN3CCCCCC3)nc3ccccc32)cc1. The molecule has 0 unspecified atom stereocenters. The molecule has 3 nitrogen and oxygen atoms in total. The average Bonchev–Trinajstić information content (AvgIpc) is 2.79. The number of aromatic nitrogens is 2. The molecule has 0 radical (unpaired) electrons. The minimum Gasteiger partial charge on any atom is -0.322 e. The van der Waals surface area contributed by atoms with Crippen molar-refractivity contribution in [2.75, 3.05) is 13.1 Å². The minimum absolute atomic E-state index is 0.893. The van der Waals surface area contributed by atoms with Gasteiger partial charge < -0.3 is 4.57 Å². The summed E-state index contributed by atoms with van der Waals surface area (Å²) in [6.07, 6.45) is 5.38. The fourth-order valence-electron chi connectivity index (χ4n) is 3.79. The van der Waals surface area contributed by atoms with Gasteiger partial charge in [0.15, 0.2) is 0 Å². The number of aryl methyl sites for hydroxylation is 1. The normalized spacial score (nSPS) is 16.2. The van der Waals surface area contributed by atoms with Crippen LogP contribution in [0, 0.1) is 6.92 Å². The van der Waals surface area contributed by atoms with Crippen LogP contribution in [-0.4, -0.2) is 27.5 Å². The largest absolute Gasteiger partial charge is 0.322 e. The molecule has 0 bridgehead atoms. The molecular weight excluding hydrogens is 306 g/mol. The highest BCUT2D eigenvalue weighted by molar-refractivity contribution is 5.76. The third kappa shape index (κ3) is 3.77. The van der Waals surface area contributed by atoms with Crippen molar-refractivity contribution in [3.63, 3.8) is 0 Å². The Balaban J connectivity index is 1.66. The van der Waals surface area contributed by atoms with E-state index in [1.54, 1.807) is 0 Å². The molecule has 0 saturated carbocycles. The molecule has 2 heterocycles. The highest BCUT2D eigenvalue weighted by Gasteiger charge is 2.16. The molecule has 25 heavy (non-hydrogen) atoms. The lowest BCUT2D eigenvalue weighted by Crippen LogP contribution is -2.26. The number of para-hydroxylation sites is 2. The van der Waals surface area contributed by atoms with Gasteiger partial charge in [-0.05, 0) is 50.6 Å². The van der Waals surface area contributed by atoms with Crippen molar-refractivity contribution in [1.29, 1.82) is 0 Å². The van der Waals surface area contributed by atoms with E-state index in [1.807, 2.05) is 0 Å². The molecule has 0 N–H and O–H groups in total. The first kappa shape index (κ1) is 16.3. The number of hydrogen-bond acceptors (Lipinski definition) is 2. The maximum atomic E-state index is 4.97. The van der Waals surface area contributed by atoms with Crippen LogP contribution < -0.4 is 0 Å². The summed E-state index contributed by atoms with van der Waals surface area (Å²) in [6.45, 7) is 6.40. The van der Waals surface area contributed by atoms with E-state index in [9.17, 15) is 0 Å². The van der Waals surface area contributed by atoms with Crippen LogP contribution in [-0.2, 0) is 13.1 Å². The lowest BCUT2D eigenvalue weighted by atomic mass is 10.1. The molecule has 0 spiro atoms. The predicted octanol–water partition coefficient (Wildman–Crippen LogP) is 4.77. The van der Waals surface area contributed by atoms with Crippen molar-refractivity contribution >= 4 is 11.0 Å². The van der Waals surface area contributed by atoms with E-state index in [2.05, 4.69) is 64.9 Å². The summed E-state index contributed by atoms with van der Waals surface area (Å²) in [4.78, 5) is 7.56. The second kappa shape index (κ2) is 7.40. The Labute approximate surface area is 150 Å². The Hall–Kier alpha value is -2.13. The molecular formula is C22H27N3. The Morgan fingerprint density at radius 2 is 1.56 bits per heavy atom. The fraction of sp³-hybridized carbons (Fsp3) is 0.409. The Morgan fingerprint density at radius 3 is 2.32 bits per heavy atom. The van der Waals surface area contributed by atoms with Crippen LogP contribution in [0.5, 0.6) is 0 Å². The zero-order valence-electron chi connectivity index (χ0n) is 15.1. The van der Waals surface area contributed by atoms with Crippen LogP contribution in [0.4, 0.5) is 0 Å². The van der Waals surface area contributed by atoms with Gasteiger partial charge in [-0.3, -0.25) is 4.90 Å². The second-order valence-electron chi connectivity index (χ2n) is 7.28. The molecule has 2 aromatic carbocycles. The number of benzene rings is 2. The second-order valence-corrected chi connectivity index (χ2v) is 7.28. The smallest absolute Gasteiger partial charge is 0.124 e. The van der Waals surface area contributed by atoms with Crippen LogP contribution in [0.2, 0.25) is 0 Å². The summed E-state index contributed by atoms with van der Waals surface area (Å²) in [5.74, 6) is 1.20. The van der Waals surface area contributed by atoms with Crippen molar-refractivity contribution in [2.24, 2.45) is 0 Å². The molecule has 3 heteroatoms. The van der Waals surface area contributed by atoms with Crippen molar-refractivity contribution in [3.8, 4) is 0 Å². The van der Waals surface area contributed by atoms with Crippen LogP contribution in [0.1, 0.15) is 42.6 Å². The van der Waals surface area contributed by atoms with Crippen LogP contribution in [0.15, 0.2) is 48.5 Å². The Kier molecular flexibility index (Phi) is 4.84. The zero-order valence-corrected chi connectivity index (χ0v) is 15.1. The van der Waals surface area contributed by atoms with Gasteiger partial charge in [0.25, 0.3) is 0 Å². The third-order valence-electron chi connectivity index (χ3n) is 5.26. The molecule has 1 aliphatic rings. The third-order valence-corrected chi connectivity index (χ3v) is 5.26. The molecule has 1 aromatic heterocycles. The van der Waals surface area contributed by atoms with E-state index in [1.165, 1.54) is 61.2 Å². The minimum atomic E-state index is 0.893. The van der Waals surface area contributed by atoms with E-state index < -0.39 is 0 Å². The van der Waals surface area contributed by atoms with E-state index in [-0.39, 0.29) is 0 Å². The predicted molar refractivity (Wildman–Crippen MR) is 104 cm³/mol. The standard InChI is InChI=1S/C22H27N3/c1-18-10-12-19(13-11-18)16-25-21-9-5-4-8-20(21)23-22(25)17-24-14-6-2-3-7-15-24/h4-5,8-13H,2-3,6-7,14-17H2,1H3. The quantitative estimate of drug-likeness (QED) is 0.686. The summed E-state index contributed by atoms with van der Waals surface area (Å²) >= 11 is 0. The number of likely N-dealkylation sites (tertiary alicyclic amines) is 1. The van der Waals surface area contributed by atoms with Crippen LogP contribution in [0.25, 0.3) is 11.0 Å². The summed E-state index contributed by atoms with van der Waals surface area (Å²) in [5.41, 5.74) is 5.00. The number of hydrogen-bond donors (Lipinski definition) is 0. The molecule has 0 atom stereocenters. The van der Waals surface area contributed by atoms with Gasteiger partial charge in [0.2, 0.25) is 0 Å². The van der Waals surface area contributed by atoms with E-state index in [0.29, 0.717) is 0 Å². The maximum Gasteiger partial charge on any atom is 0.124 e. The van der Waals surface area contributed by atoms with Gasteiger partial charge >= 0.3 is 0 Å². The molecule has 3 aromatic rings.